The van der Waals surface area contributed by atoms with E-state index in [0.717, 1.165) is 83.8 Å². The summed E-state index contributed by atoms with van der Waals surface area (Å²) in [6, 6.07) is 43.7. The zero-order valence-corrected chi connectivity index (χ0v) is 35.8. The van der Waals surface area contributed by atoms with Crippen LogP contribution in [0.1, 0.15) is 56.1 Å². The number of carbonyl (C=O) groups excluding carboxylic acids is 2. The molecule has 2 heterocycles. The SMILES string of the molecule is COc1ccc(-c2cccc3c2oc(=O)n3C(=O)NCCCCCc2ccccc2)cc1.O=C(NCCCCCCc1ccccc1)n1c(=O)oc2c(-c3ccc(F)cc3)cccc21. The molecular weight excluding hydrogens is 812 g/mol. The number of halogens is 1. The molecule has 0 saturated heterocycles. The van der Waals surface area contributed by atoms with Crippen LogP contribution < -0.4 is 26.9 Å². The Morgan fingerprint density at radius 3 is 1.39 bits per heavy atom. The van der Waals surface area contributed by atoms with Crippen molar-refractivity contribution in [2.45, 2.75) is 57.8 Å². The van der Waals surface area contributed by atoms with E-state index < -0.39 is 23.6 Å². The van der Waals surface area contributed by atoms with Gasteiger partial charge in [0.2, 0.25) is 0 Å². The minimum absolute atomic E-state index is 0.306. The molecule has 328 valence electrons. The van der Waals surface area contributed by atoms with Crippen LogP contribution in [0.5, 0.6) is 5.75 Å². The van der Waals surface area contributed by atoms with Gasteiger partial charge in [-0.3, -0.25) is 0 Å². The number of nitrogens with one attached hydrogen (secondary N) is 2. The second kappa shape index (κ2) is 22.1. The van der Waals surface area contributed by atoms with Gasteiger partial charge >= 0.3 is 23.6 Å². The number of hydrogen-bond donors (Lipinski definition) is 2. The lowest BCUT2D eigenvalue weighted by molar-refractivity contribution is 0.240. The van der Waals surface area contributed by atoms with Crippen molar-refractivity contribution in [3.8, 4) is 28.0 Å². The van der Waals surface area contributed by atoms with E-state index in [2.05, 4.69) is 47.0 Å². The Labute approximate surface area is 370 Å². The third-order valence-corrected chi connectivity index (χ3v) is 10.9. The smallest absolute Gasteiger partial charge is 0.428 e. The topological polar surface area (TPSA) is 138 Å². The Hall–Kier alpha value is -7.47. The summed E-state index contributed by atoms with van der Waals surface area (Å²) >= 11 is 0. The maximum atomic E-state index is 13.3. The molecule has 8 aromatic rings. The molecule has 2 N–H and O–H groups in total. The number of unbranched alkanes of at least 4 members (excludes halogenated alkanes) is 5. The molecule has 0 radical (unpaired) electrons. The van der Waals surface area contributed by atoms with Crippen LogP contribution in [0.2, 0.25) is 0 Å². The van der Waals surface area contributed by atoms with Crippen LogP contribution in [0, 0.1) is 5.82 Å². The van der Waals surface area contributed by atoms with E-state index in [1.807, 2.05) is 60.7 Å². The van der Waals surface area contributed by atoms with Gasteiger partial charge in [0.25, 0.3) is 0 Å². The molecule has 0 aliphatic heterocycles. The van der Waals surface area contributed by atoms with Crippen LogP contribution >= 0.6 is 0 Å². The molecule has 0 atom stereocenters. The fraction of sp³-hybridized carbons (Fsp3) is 0.231. The molecule has 0 aliphatic carbocycles. The highest BCUT2D eigenvalue weighted by Gasteiger charge is 2.20. The third-order valence-electron chi connectivity index (χ3n) is 10.9. The van der Waals surface area contributed by atoms with E-state index in [1.165, 1.54) is 23.3 Å². The Morgan fingerprint density at radius 2 is 0.938 bits per heavy atom. The third kappa shape index (κ3) is 11.3. The molecule has 2 aromatic heterocycles. The molecular formula is C52H51FN4O7. The number of nitrogens with zero attached hydrogens (tertiary/aromatic N) is 2. The molecule has 0 unspecified atom stereocenters. The maximum absolute atomic E-state index is 13.3. The molecule has 0 spiro atoms. The molecule has 0 bridgehead atoms. The Kier molecular flexibility index (Phi) is 15.4. The first-order valence-electron chi connectivity index (χ1n) is 21.6. The fourth-order valence-corrected chi connectivity index (χ4v) is 7.59. The van der Waals surface area contributed by atoms with Gasteiger partial charge in [0.05, 0.1) is 7.11 Å². The van der Waals surface area contributed by atoms with Crippen LogP contribution in [0.4, 0.5) is 14.0 Å². The summed E-state index contributed by atoms with van der Waals surface area (Å²) < 4.78 is 31.4. The fourth-order valence-electron chi connectivity index (χ4n) is 7.59. The molecule has 2 amide bonds. The van der Waals surface area contributed by atoms with Gasteiger partial charge in [-0.05, 0) is 97.2 Å². The van der Waals surface area contributed by atoms with Gasteiger partial charge in [-0.15, -0.1) is 0 Å². The van der Waals surface area contributed by atoms with Crippen molar-refractivity contribution in [3.63, 3.8) is 0 Å². The average molecular weight is 863 g/mol. The zero-order chi connectivity index (χ0) is 44.7. The number of para-hydroxylation sites is 2. The maximum Gasteiger partial charge on any atom is 0.428 e. The van der Waals surface area contributed by atoms with E-state index in [9.17, 15) is 23.6 Å². The van der Waals surface area contributed by atoms with Crippen LogP contribution in [0.15, 0.2) is 164 Å². The number of benzene rings is 6. The minimum Gasteiger partial charge on any atom is -0.497 e. The van der Waals surface area contributed by atoms with Crippen molar-refractivity contribution in [2.24, 2.45) is 0 Å². The monoisotopic (exact) mass is 862 g/mol. The van der Waals surface area contributed by atoms with Crippen LogP contribution in [-0.4, -0.2) is 41.4 Å². The number of methoxy groups -OCH3 is 1. The van der Waals surface area contributed by atoms with Gasteiger partial charge in [0.15, 0.2) is 11.2 Å². The molecule has 11 nitrogen and oxygen atoms in total. The predicted molar refractivity (Wildman–Crippen MR) is 249 cm³/mol. The summed E-state index contributed by atoms with van der Waals surface area (Å²) in [6.07, 6.45) is 9.01. The Balaban J connectivity index is 0.000000191. The summed E-state index contributed by atoms with van der Waals surface area (Å²) in [5.74, 6) is -1.04. The summed E-state index contributed by atoms with van der Waals surface area (Å²) in [5, 5.41) is 5.65. The van der Waals surface area contributed by atoms with Crippen LogP contribution in [0.25, 0.3) is 44.5 Å². The first-order valence-corrected chi connectivity index (χ1v) is 21.6. The van der Waals surface area contributed by atoms with Crippen LogP contribution in [0.3, 0.4) is 0 Å². The first kappa shape index (κ1) is 44.6. The van der Waals surface area contributed by atoms with Gasteiger partial charge in [0.1, 0.15) is 22.6 Å². The number of rotatable bonds is 16. The number of oxazole rings is 2. The summed E-state index contributed by atoms with van der Waals surface area (Å²) in [7, 11) is 1.61. The van der Waals surface area contributed by atoms with Crippen molar-refractivity contribution in [3.05, 3.63) is 184 Å². The van der Waals surface area contributed by atoms with Gasteiger partial charge in [-0.1, -0.05) is 128 Å². The van der Waals surface area contributed by atoms with Gasteiger partial charge in [-0.25, -0.2) is 23.6 Å². The molecule has 64 heavy (non-hydrogen) atoms. The summed E-state index contributed by atoms with van der Waals surface area (Å²) in [5.41, 5.74) is 7.14. The van der Waals surface area contributed by atoms with E-state index in [-0.39, 0.29) is 5.82 Å². The highest BCUT2D eigenvalue weighted by Crippen LogP contribution is 2.30. The van der Waals surface area contributed by atoms with Crippen molar-refractivity contribution in [1.29, 1.82) is 0 Å². The summed E-state index contributed by atoms with van der Waals surface area (Å²) in [4.78, 5) is 50.2. The lowest BCUT2D eigenvalue weighted by Crippen LogP contribution is -2.34. The van der Waals surface area contributed by atoms with Gasteiger partial charge < -0.3 is 24.2 Å². The molecule has 0 fully saturated rings. The number of ether oxygens (including phenoxy) is 1. The standard InChI is InChI=1S/C26H25FN2O3.C26H26N2O4/c27-21-16-14-20(15-17-21)22-12-8-13-23-24(22)32-26(31)29(23)25(30)28-18-7-2-1-4-9-19-10-5-3-6-11-19;1-31-21-16-14-20(15-17-21)22-12-8-13-23-24(22)32-26(30)28(23)25(29)27-18-7-3-6-11-19-9-4-2-5-10-19/h3,5-6,8,10-17H,1-2,4,7,9,18H2,(H,28,30);2,4-5,8-10,12-17H,3,6-7,11,18H2,1H3,(H,27,29). The number of aromatic nitrogens is 2. The number of amides is 2. The highest BCUT2D eigenvalue weighted by atomic mass is 19.1. The Bertz CT molecular complexity index is 2880. The van der Waals surface area contributed by atoms with E-state index in [1.54, 1.807) is 43.5 Å². The predicted octanol–water partition coefficient (Wildman–Crippen LogP) is 11.0. The number of fused-ring (bicyclic) bond motifs is 2. The molecule has 12 heteroatoms. The van der Waals surface area contributed by atoms with Crippen molar-refractivity contribution < 1.29 is 27.6 Å². The van der Waals surface area contributed by atoms with Gasteiger partial charge in [0, 0.05) is 24.2 Å². The van der Waals surface area contributed by atoms with E-state index >= 15 is 0 Å². The summed E-state index contributed by atoms with van der Waals surface area (Å²) in [6.45, 7) is 0.992. The Morgan fingerprint density at radius 1 is 0.516 bits per heavy atom. The number of aryl methyl sites for hydroxylation is 2. The van der Waals surface area contributed by atoms with Crippen molar-refractivity contribution >= 4 is 34.3 Å². The molecule has 0 saturated carbocycles. The van der Waals surface area contributed by atoms with Crippen molar-refractivity contribution in [2.75, 3.05) is 20.2 Å². The molecule has 6 aromatic carbocycles. The molecule has 8 rings (SSSR count). The lowest BCUT2D eigenvalue weighted by Gasteiger charge is -2.07. The zero-order valence-electron chi connectivity index (χ0n) is 35.8. The van der Waals surface area contributed by atoms with E-state index in [0.29, 0.717) is 46.4 Å². The largest absolute Gasteiger partial charge is 0.497 e. The minimum atomic E-state index is -0.741. The number of carbonyl (C=O) groups is 2. The second-order valence-corrected chi connectivity index (χ2v) is 15.4. The highest BCUT2D eigenvalue weighted by molar-refractivity contribution is 5.96. The lowest BCUT2D eigenvalue weighted by atomic mass is 10.0. The molecule has 0 aliphatic rings. The quantitative estimate of drug-likeness (QED) is 0.0923. The van der Waals surface area contributed by atoms with Gasteiger partial charge in [-0.2, -0.15) is 9.13 Å². The second-order valence-electron chi connectivity index (χ2n) is 15.4. The van der Waals surface area contributed by atoms with Crippen molar-refractivity contribution in [1.82, 2.24) is 19.8 Å². The number of hydrogen-bond acceptors (Lipinski definition) is 7. The first-order chi connectivity index (χ1) is 31.3. The van der Waals surface area contributed by atoms with Crippen LogP contribution in [-0.2, 0) is 12.8 Å². The van der Waals surface area contributed by atoms with E-state index in [4.69, 9.17) is 13.6 Å². The average Bonchev–Trinajstić information content (AvgIpc) is 3.86. The normalized spacial score (nSPS) is 11.0.